The molecule has 0 aromatic carbocycles. The summed E-state index contributed by atoms with van der Waals surface area (Å²) in [7, 11) is 0. The number of halogens is 1. The summed E-state index contributed by atoms with van der Waals surface area (Å²) in [6.45, 7) is 4.43. The molecule has 11 heavy (non-hydrogen) atoms. The highest BCUT2D eigenvalue weighted by atomic mass is 127. The lowest BCUT2D eigenvalue weighted by atomic mass is 9.88. The second kappa shape index (κ2) is 3.61. The fourth-order valence-corrected chi connectivity index (χ4v) is 2.37. The molecule has 1 aromatic rings. The quantitative estimate of drug-likeness (QED) is 0.602. The fourth-order valence-electron chi connectivity index (χ4n) is 1.02. The van der Waals surface area contributed by atoms with Crippen molar-refractivity contribution in [2.75, 3.05) is 4.43 Å². The van der Waals surface area contributed by atoms with Gasteiger partial charge in [-0.25, -0.2) is 0 Å². The predicted octanol–water partition coefficient (Wildman–Crippen LogP) is 3.38. The lowest BCUT2D eigenvalue weighted by Crippen LogP contribution is -2.16. The van der Waals surface area contributed by atoms with Gasteiger partial charge in [0.1, 0.15) is 5.76 Å². The van der Waals surface area contributed by atoms with Crippen molar-refractivity contribution in [2.24, 2.45) is 0 Å². The smallest absolute Gasteiger partial charge is 0.109 e. The number of hydrogen-bond acceptors (Lipinski definition) is 1. The van der Waals surface area contributed by atoms with Crippen molar-refractivity contribution in [3.05, 3.63) is 24.2 Å². The van der Waals surface area contributed by atoms with Gasteiger partial charge in [-0.15, -0.1) is 0 Å². The molecule has 0 amide bonds. The summed E-state index contributed by atoms with van der Waals surface area (Å²) in [5.41, 5.74) is 0.199. The summed E-state index contributed by atoms with van der Waals surface area (Å²) in [5, 5.41) is 0. The molecule has 2 heteroatoms. The van der Waals surface area contributed by atoms with E-state index in [1.54, 1.807) is 6.26 Å². The Morgan fingerprint density at radius 3 is 2.73 bits per heavy atom. The molecule has 0 atom stereocenters. The van der Waals surface area contributed by atoms with Gasteiger partial charge >= 0.3 is 0 Å². The molecule has 0 N–H and O–H groups in total. The molecule has 0 saturated heterocycles. The van der Waals surface area contributed by atoms with E-state index < -0.39 is 0 Å². The Morgan fingerprint density at radius 1 is 1.55 bits per heavy atom. The Bertz CT molecular complexity index is 201. The summed E-state index contributed by atoms with van der Waals surface area (Å²) in [5.74, 6) is 1.09. The van der Waals surface area contributed by atoms with Crippen LogP contribution in [0, 0.1) is 0 Å². The van der Waals surface area contributed by atoms with Gasteiger partial charge in [-0.05, 0) is 18.6 Å². The lowest BCUT2D eigenvalue weighted by Gasteiger charge is -2.20. The molecular weight excluding hydrogens is 251 g/mol. The molecule has 0 spiro atoms. The van der Waals surface area contributed by atoms with Crippen LogP contribution in [0.5, 0.6) is 0 Å². The molecule has 0 aliphatic heterocycles. The Morgan fingerprint density at radius 2 is 2.27 bits per heavy atom. The lowest BCUT2D eigenvalue weighted by molar-refractivity contribution is 0.379. The van der Waals surface area contributed by atoms with Gasteiger partial charge in [0.05, 0.1) is 6.26 Å². The third-order valence-corrected chi connectivity index (χ3v) is 2.45. The molecule has 1 rings (SSSR count). The van der Waals surface area contributed by atoms with Gasteiger partial charge < -0.3 is 4.42 Å². The van der Waals surface area contributed by atoms with Crippen molar-refractivity contribution in [3.63, 3.8) is 0 Å². The summed E-state index contributed by atoms with van der Waals surface area (Å²) >= 11 is 2.40. The van der Waals surface area contributed by atoms with Crippen molar-refractivity contribution in [1.29, 1.82) is 0 Å². The van der Waals surface area contributed by atoms with E-state index in [-0.39, 0.29) is 5.41 Å². The molecule has 62 valence electrons. The predicted molar refractivity (Wildman–Crippen MR) is 55.2 cm³/mol. The highest BCUT2D eigenvalue weighted by molar-refractivity contribution is 14.1. The fraction of sp³-hybridized carbons (Fsp3) is 0.556. The third kappa shape index (κ3) is 2.22. The molecule has 1 heterocycles. The van der Waals surface area contributed by atoms with Crippen molar-refractivity contribution in [2.45, 2.75) is 25.7 Å². The maximum atomic E-state index is 5.35. The second-order valence-electron chi connectivity index (χ2n) is 3.30. The first kappa shape index (κ1) is 9.10. The maximum Gasteiger partial charge on any atom is 0.109 e. The van der Waals surface area contributed by atoms with Gasteiger partial charge in [0.25, 0.3) is 0 Å². The second-order valence-corrected chi connectivity index (χ2v) is 4.38. The summed E-state index contributed by atoms with van der Waals surface area (Å²) in [4.78, 5) is 0. The largest absolute Gasteiger partial charge is 0.469 e. The highest BCUT2D eigenvalue weighted by Crippen LogP contribution is 2.27. The number of furan rings is 1. The van der Waals surface area contributed by atoms with Gasteiger partial charge in [0.15, 0.2) is 0 Å². The SMILES string of the molecule is CC(C)(CCI)c1ccco1. The van der Waals surface area contributed by atoms with Crippen LogP contribution in [-0.2, 0) is 5.41 Å². The summed E-state index contributed by atoms with van der Waals surface area (Å²) in [6.07, 6.45) is 2.91. The average molecular weight is 264 g/mol. The molecule has 0 radical (unpaired) electrons. The van der Waals surface area contributed by atoms with Gasteiger partial charge in [-0.2, -0.15) is 0 Å². The van der Waals surface area contributed by atoms with Crippen molar-refractivity contribution < 1.29 is 4.42 Å². The van der Waals surface area contributed by atoms with E-state index in [1.165, 1.54) is 10.8 Å². The zero-order valence-electron chi connectivity index (χ0n) is 6.93. The third-order valence-electron chi connectivity index (χ3n) is 1.91. The van der Waals surface area contributed by atoms with E-state index in [0.29, 0.717) is 0 Å². The first-order valence-corrected chi connectivity index (χ1v) is 5.29. The molecule has 0 fully saturated rings. The van der Waals surface area contributed by atoms with Crippen LogP contribution < -0.4 is 0 Å². The number of alkyl halides is 1. The Kier molecular flexibility index (Phi) is 2.98. The molecule has 0 aliphatic carbocycles. The highest BCUT2D eigenvalue weighted by Gasteiger charge is 2.21. The van der Waals surface area contributed by atoms with Crippen LogP contribution in [0.4, 0.5) is 0 Å². The van der Waals surface area contributed by atoms with Crippen molar-refractivity contribution >= 4 is 22.6 Å². The number of rotatable bonds is 3. The molecule has 0 unspecified atom stereocenters. The van der Waals surface area contributed by atoms with Gasteiger partial charge in [-0.3, -0.25) is 0 Å². The van der Waals surface area contributed by atoms with Crippen LogP contribution >= 0.6 is 22.6 Å². The van der Waals surface area contributed by atoms with Crippen molar-refractivity contribution in [1.82, 2.24) is 0 Å². The van der Waals surface area contributed by atoms with E-state index in [4.69, 9.17) is 4.42 Å². The van der Waals surface area contributed by atoms with E-state index in [0.717, 1.165) is 5.76 Å². The average Bonchev–Trinajstić information content (AvgIpc) is 2.37. The minimum Gasteiger partial charge on any atom is -0.469 e. The minimum absolute atomic E-state index is 0.199. The zero-order valence-corrected chi connectivity index (χ0v) is 9.09. The summed E-state index contributed by atoms with van der Waals surface area (Å²) in [6, 6.07) is 4.00. The van der Waals surface area contributed by atoms with E-state index in [9.17, 15) is 0 Å². The Hall–Kier alpha value is 0.01000. The van der Waals surface area contributed by atoms with Crippen LogP contribution in [-0.4, -0.2) is 4.43 Å². The maximum absolute atomic E-state index is 5.35. The zero-order chi connectivity index (χ0) is 8.32. The van der Waals surface area contributed by atoms with Gasteiger partial charge in [-0.1, -0.05) is 36.4 Å². The van der Waals surface area contributed by atoms with Crippen LogP contribution in [0.2, 0.25) is 0 Å². The van der Waals surface area contributed by atoms with Gasteiger partial charge in [0.2, 0.25) is 0 Å². The molecule has 0 bridgehead atoms. The van der Waals surface area contributed by atoms with E-state index in [2.05, 4.69) is 36.4 Å². The first-order valence-electron chi connectivity index (χ1n) is 3.77. The van der Waals surface area contributed by atoms with E-state index >= 15 is 0 Å². The van der Waals surface area contributed by atoms with Gasteiger partial charge in [0, 0.05) is 9.84 Å². The normalized spacial score (nSPS) is 11.9. The molecule has 0 aliphatic rings. The standard InChI is InChI=1S/C9H13IO/c1-9(2,5-6-10)8-4-3-7-11-8/h3-4,7H,5-6H2,1-2H3. The molecular formula is C9H13IO. The minimum atomic E-state index is 0.199. The topological polar surface area (TPSA) is 13.1 Å². The van der Waals surface area contributed by atoms with Crippen molar-refractivity contribution in [3.8, 4) is 0 Å². The van der Waals surface area contributed by atoms with Crippen LogP contribution in [0.15, 0.2) is 22.8 Å². The molecule has 1 nitrogen and oxygen atoms in total. The van der Waals surface area contributed by atoms with E-state index in [1.807, 2.05) is 12.1 Å². The van der Waals surface area contributed by atoms with Crippen LogP contribution in [0.25, 0.3) is 0 Å². The van der Waals surface area contributed by atoms with Crippen LogP contribution in [0.1, 0.15) is 26.0 Å². The monoisotopic (exact) mass is 264 g/mol. The molecule has 0 saturated carbocycles. The first-order chi connectivity index (χ1) is 5.17. The molecule has 1 aromatic heterocycles. The number of hydrogen-bond donors (Lipinski definition) is 0. The summed E-state index contributed by atoms with van der Waals surface area (Å²) < 4.78 is 6.52. The Labute approximate surface area is 81.3 Å². The van der Waals surface area contributed by atoms with Crippen LogP contribution in [0.3, 0.4) is 0 Å². The Balaban J connectivity index is 2.73.